The van der Waals surface area contributed by atoms with Crippen LogP contribution in [-0.4, -0.2) is 34.1 Å². The fourth-order valence-corrected chi connectivity index (χ4v) is 3.15. The number of aromatic nitrogens is 2. The van der Waals surface area contributed by atoms with E-state index in [-0.39, 0.29) is 11.1 Å². The summed E-state index contributed by atoms with van der Waals surface area (Å²) in [6.07, 6.45) is 5.12. The summed E-state index contributed by atoms with van der Waals surface area (Å²) in [6, 6.07) is 12.6. The van der Waals surface area contributed by atoms with Crippen LogP contribution in [0.4, 0.5) is 0 Å². The molecule has 114 valence electrons. The van der Waals surface area contributed by atoms with E-state index < -0.39 is 0 Å². The first-order valence-electron chi connectivity index (χ1n) is 7.66. The third kappa shape index (κ3) is 2.83. The first kappa shape index (κ1) is 14.6. The monoisotopic (exact) mass is 296 g/mol. The number of nitrogens with one attached hydrogen (secondary N) is 1. The molecule has 1 saturated heterocycles. The van der Waals surface area contributed by atoms with Gasteiger partial charge < -0.3 is 9.88 Å². The van der Waals surface area contributed by atoms with Crippen LogP contribution in [-0.2, 0) is 12.0 Å². The van der Waals surface area contributed by atoms with Gasteiger partial charge in [-0.05, 0) is 18.4 Å². The van der Waals surface area contributed by atoms with Gasteiger partial charge in [-0.2, -0.15) is 5.26 Å². The van der Waals surface area contributed by atoms with Crippen LogP contribution < -0.4 is 5.69 Å². The molecule has 0 bridgehead atoms. The topological polar surface area (TPSA) is 64.8 Å². The minimum atomic E-state index is -0.358. The van der Waals surface area contributed by atoms with E-state index in [1.54, 1.807) is 17.0 Å². The lowest BCUT2D eigenvalue weighted by molar-refractivity contribution is 0.180. The van der Waals surface area contributed by atoms with E-state index in [0.717, 1.165) is 38.0 Å². The highest BCUT2D eigenvalue weighted by atomic mass is 16.1. The van der Waals surface area contributed by atoms with E-state index in [9.17, 15) is 10.1 Å². The number of piperidine rings is 1. The first-order chi connectivity index (χ1) is 10.7. The molecule has 2 heterocycles. The number of H-pyrrole nitrogens is 1. The Balaban J connectivity index is 1.61. The quantitative estimate of drug-likeness (QED) is 0.934. The van der Waals surface area contributed by atoms with Gasteiger partial charge in [-0.3, -0.25) is 4.57 Å². The molecule has 3 rings (SSSR count). The molecule has 0 aliphatic carbocycles. The minimum Gasteiger partial charge on any atom is -0.313 e. The van der Waals surface area contributed by atoms with Gasteiger partial charge in [0.15, 0.2) is 0 Å². The Morgan fingerprint density at radius 1 is 1.18 bits per heavy atom. The fraction of sp³-hybridized carbons (Fsp3) is 0.412. The van der Waals surface area contributed by atoms with Crippen molar-refractivity contribution in [1.82, 2.24) is 14.5 Å². The second kappa shape index (κ2) is 6.20. The van der Waals surface area contributed by atoms with Crippen molar-refractivity contribution in [1.29, 1.82) is 5.26 Å². The van der Waals surface area contributed by atoms with Crippen LogP contribution in [0.15, 0.2) is 47.5 Å². The number of hydrogen-bond acceptors (Lipinski definition) is 3. The minimum absolute atomic E-state index is 0.0623. The molecule has 1 aliphatic rings. The molecule has 1 aromatic heterocycles. The molecule has 1 aliphatic heterocycles. The van der Waals surface area contributed by atoms with Gasteiger partial charge in [0, 0.05) is 38.6 Å². The molecule has 0 unspecified atom stereocenters. The number of likely N-dealkylation sites (tertiary alicyclic amines) is 1. The number of imidazole rings is 1. The molecule has 0 spiro atoms. The summed E-state index contributed by atoms with van der Waals surface area (Å²) in [4.78, 5) is 16.4. The lowest BCUT2D eigenvalue weighted by atomic mass is 9.74. The molecular weight excluding hydrogens is 276 g/mol. The lowest BCUT2D eigenvalue weighted by Gasteiger charge is -2.37. The van der Waals surface area contributed by atoms with Crippen molar-refractivity contribution in [3.05, 3.63) is 58.8 Å². The van der Waals surface area contributed by atoms with Crippen molar-refractivity contribution in [2.24, 2.45) is 0 Å². The van der Waals surface area contributed by atoms with Crippen molar-refractivity contribution in [3.8, 4) is 6.07 Å². The van der Waals surface area contributed by atoms with Gasteiger partial charge >= 0.3 is 5.69 Å². The molecular formula is C17H20N4O. The maximum absolute atomic E-state index is 11.5. The van der Waals surface area contributed by atoms with E-state index in [2.05, 4.69) is 28.1 Å². The summed E-state index contributed by atoms with van der Waals surface area (Å²) in [7, 11) is 0. The van der Waals surface area contributed by atoms with Crippen LogP contribution in [0.2, 0.25) is 0 Å². The number of rotatable bonds is 4. The van der Waals surface area contributed by atoms with Gasteiger partial charge in [0.1, 0.15) is 0 Å². The average molecular weight is 296 g/mol. The highest BCUT2D eigenvalue weighted by Gasteiger charge is 2.36. The predicted octanol–water partition coefficient (Wildman–Crippen LogP) is 1.73. The maximum atomic E-state index is 11.5. The second-order valence-corrected chi connectivity index (χ2v) is 5.86. The van der Waals surface area contributed by atoms with E-state index in [0.29, 0.717) is 6.54 Å². The highest BCUT2D eigenvalue weighted by molar-refractivity contribution is 5.33. The molecule has 0 amide bonds. The van der Waals surface area contributed by atoms with Crippen LogP contribution in [0, 0.1) is 11.3 Å². The molecule has 2 aromatic rings. The van der Waals surface area contributed by atoms with Crippen molar-refractivity contribution >= 4 is 0 Å². The number of nitrogens with zero attached hydrogens (tertiary/aromatic N) is 3. The second-order valence-electron chi connectivity index (χ2n) is 5.86. The summed E-state index contributed by atoms with van der Waals surface area (Å²) in [5.74, 6) is 0. The van der Waals surface area contributed by atoms with Crippen LogP contribution >= 0.6 is 0 Å². The third-order valence-electron chi connectivity index (χ3n) is 4.63. The van der Waals surface area contributed by atoms with Gasteiger partial charge in [0.2, 0.25) is 0 Å². The Morgan fingerprint density at radius 3 is 2.50 bits per heavy atom. The van der Waals surface area contributed by atoms with E-state index >= 15 is 0 Å². The third-order valence-corrected chi connectivity index (χ3v) is 4.63. The van der Waals surface area contributed by atoms with Crippen LogP contribution in [0.1, 0.15) is 18.4 Å². The Kier molecular flexibility index (Phi) is 4.12. The molecule has 0 saturated carbocycles. The van der Waals surface area contributed by atoms with Gasteiger partial charge in [-0.25, -0.2) is 4.79 Å². The van der Waals surface area contributed by atoms with Crippen LogP contribution in [0.5, 0.6) is 0 Å². The summed E-state index contributed by atoms with van der Waals surface area (Å²) in [5.41, 5.74) is 0.703. The molecule has 5 nitrogen and oxygen atoms in total. The molecule has 5 heteroatoms. The summed E-state index contributed by atoms with van der Waals surface area (Å²) in [6.45, 7) is 3.31. The van der Waals surface area contributed by atoms with E-state index in [4.69, 9.17) is 0 Å². The summed E-state index contributed by atoms with van der Waals surface area (Å²) in [5, 5.41) is 9.68. The van der Waals surface area contributed by atoms with Crippen molar-refractivity contribution in [2.75, 3.05) is 19.6 Å². The van der Waals surface area contributed by atoms with Gasteiger partial charge in [0.25, 0.3) is 0 Å². The molecule has 1 fully saturated rings. The number of aromatic amines is 1. The van der Waals surface area contributed by atoms with Gasteiger partial charge in [-0.15, -0.1) is 0 Å². The smallest absolute Gasteiger partial charge is 0.313 e. The van der Waals surface area contributed by atoms with Gasteiger partial charge in [-0.1, -0.05) is 30.3 Å². The number of hydrogen-bond donors (Lipinski definition) is 1. The number of benzene rings is 1. The number of nitriles is 1. The first-order valence-corrected chi connectivity index (χ1v) is 7.66. The zero-order valence-corrected chi connectivity index (χ0v) is 12.5. The van der Waals surface area contributed by atoms with Crippen molar-refractivity contribution in [2.45, 2.75) is 24.8 Å². The summed E-state index contributed by atoms with van der Waals surface area (Å²) >= 11 is 0. The van der Waals surface area contributed by atoms with Crippen molar-refractivity contribution < 1.29 is 0 Å². The largest absolute Gasteiger partial charge is 0.325 e. The Morgan fingerprint density at radius 2 is 1.91 bits per heavy atom. The molecule has 22 heavy (non-hydrogen) atoms. The highest BCUT2D eigenvalue weighted by Crippen LogP contribution is 2.34. The predicted molar refractivity (Wildman–Crippen MR) is 84.5 cm³/mol. The van der Waals surface area contributed by atoms with Crippen LogP contribution in [0.25, 0.3) is 0 Å². The summed E-state index contributed by atoms with van der Waals surface area (Å²) < 4.78 is 1.68. The normalized spacial score (nSPS) is 18.0. The fourth-order valence-electron chi connectivity index (χ4n) is 3.15. The lowest BCUT2D eigenvalue weighted by Crippen LogP contribution is -2.43. The zero-order chi connectivity index (χ0) is 15.4. The molecule has 1 N–H and O–H groups in total. The van der Waals surface area contributed by atoms with Crippen LogP contribution in [0.3, 0.4) is 0 Å². The zero-order valence-electron chi connectivity index (χ0n) is 12.5. The Bertz CT molecular complexity index is 702. The standard InChI is InChI=1S/C17H20N4O/c18-14-17(15-4-2-1-3-5-15)6-9-20(10-7-17)12-13-21-11-8-19-16(21)22/h1-5,8,11H,6-7,9-10,12-13H2,(H,19,22). The Hall–Kier alpha value is -2.32. The van der Waals surface area contributed by atoms with E-state index in [1.807, 2.05) is 18.2 Å². The van der Waals surface area contributed by atoms with Gasteiger partial charge in [0.05, 0.1) is 11.5 Å². The maximum Gasteiger partial charge on any atom is 0.325 e. The SMILES string of the molecule is N#CC1(c2ccccc2)CCN(CCn2cc[nH]c2=O)CC1. The Labute approximate surface area is 129 Å². The van der Waals surface area contributed by atoms with E-state index in [1.165, 1.54) is 0 Å². The molecule has 0 atom stereocenters. The van der Waals surface area contributed by atoms with Crippen molar-refractivity contribution in [3.63, 3.8) is 0 Å². The average Bonchev–Trinajstić information content (AvgIpc) is 2.99. The molecule has 1 aromatic carbocycles. The molecule has 0 radical (unpaired) electrons.